The number of carbonyl (C=O) groups excluding carboxylic acids is 1. The Morgan fingerprint density at radius 1 is 1.15 bits per heavy atom. The van der Waals surface area contributed by atoms with Gasteiger partial charge in [-0.25, -0.2) is 0 Å². The van der Waals surface area contributed by atoms with Crippen LogP contribution in [0, 0.1) is 0 Å². The van der Waals surface area contributed by atoms with Crippen LogP contribution in [0.2, 0.25) is 0 Å². The molecule has 0 aliphatic rings. The summed E-state index contributed by atoms with van der Waals surface area (Å²) in [6.07, 6.45) is 1.01. The highest BCUT2D eigenvalue weighted by atomic mass is 79.9. The van der Waals surface area contributed by atoms with E-state index in [1.807, 2.05) is 48.5 Å². The van der Waals surface area contributed by atoms with Crippen molar-refractivity contribution in [3.8, 4) is 5.75 Å². The van der Waals surface area contributed by atoms with Crippen molar-refractivity contribution < 1.29 is 9.53 Å². The van der Waals surface area contributed by atoms with Gasteiger partial charge >= 0.3 is 0 Å². The summed E-state index contributed by atoms with van der Waals surface area (Å²) in [5.41, 5.74) is 2.50. The fourth-order valence-corrected chi connectivity index (χ4v) is 3.84. The van der Waals surface area contributed by atoms with Gasteiger partial charge in [-0.3, -0.25) is 4.79 Å². The zero-order valence-electron chi connectivity index (χ0n) is 15.2. The molecule has 3 rings (SSSR count). The number of hydrogen-bond acceptors (Lipinski definition) is 2. The lowest BCUT2D eigenvalue weighted by Gasteiger charge is -2.17. The lowest BCUT2D eigenvalue weighted by Crippen LogP contribution is -2.15. The number of hydrogen-bond donors (Lipinski definition) is 1. The fraction of sp³-hybridized carbons (Fsp3) is 0.227. The van der Waals surface area contributed by atoms with Crippen LogP contribution in [-0.2, 0) is 0 Å². The molecule has 0 radical (unpaired) electrons. The van der Waals surface area contributed by atoms with E-state index in [1.165, 1.54) is 0 Å². The van der Waals surface area contributed by atoms with Crippen LogP contribution in [0.4, 0.5) is 5.69 Å². The first kappa shape index (κ1) is 18.5. The standard InChI is InChI=1S/C22H22BrNO2/c1-4-14(2)16-10-7-8-12-19(16)24-22(25)18-13-15-9-5-6-11-17(15)20(23)21(18)26-3/h5-14H,4H2,1-3H3,(H,24,25). The number of benzene rings is 3. The van der Waals surface area contributed by atoms with Crippen LogP contribution < -0.4 is 10.1 Å². The normalized spacial score (nSPS) is 12.0. The van der Waals surface area contributed by atoms with Crippen LogP contribution >= 0.6 is 15.9 Å². The van der Waals surface area contributed by atoms with Gasteiger partial charge in [-0.05, 0) is 56.7 Å². The Bertz CT molecular complexity index is 952. The molecule has 3 aromatic carbocycles. The number of amides is 1. The van der Waals surface area contributed by atoms with Gasteiger partial charge in [0.1, 0.15) is 5.75 Å². The SMILES string of the molecule is CCC(C)c1ccccc1NC(=O)c1cc2ccccc2c(Br)c1OC. The Morgan fingerprint density at radius 3 is 2.58 bits per heavy atom. The first-order valence-electron chi connectivity index (χ1n) is 8.72. The second-order valence-corrected chi connectivity index (χ2v) is 7.14. The minimum atomic E-state index is -0.177. The number of anilines is 1. The van der Waals surface area contributed by atoms with Crippen molar-refractivity contribution in [3.63, 3.8) is 0 Å². The molecule has 0 aliphatic carbocycles. The average molecular weight is 412 g/mol. The molecule has 1 amide bonds. The summed E-state index contributed by atoms with van der Waals surface area (Å²) >= 11 is 3.59. The molecule has 0 saturated carbocycles. The van der Waals surface area contributed by atoms with Gasteiger partial charge in [0, 0.05) is 5.69 Å². The molecule has 1 unspecified atom stereocenters. The summed E-state index contributed by atoms with van der Waals surface area (Å²) in [6.45, 7) is 4.31. The summed E-state index contributed by atoms with van der Waals surface area (Å²) in [5, 5.41) is 5.07. The number of ether oxygens (including phenoxy) is 1. The van der Waals surface area contributed by atoms with E-state index in [0.717, 1.165) is 32.9 Å². The molecule has 1 N–H and O–H groups in total. The maximum atomic E-state index is 13.0. The van der Waals surface area contributed by atoms with Crippen molar-refractivity contribution in [2.24, 2.45) is 0 Å². The Kier molecular flexibility index (Phi) is 5.62. The number of methoxy groups -OCH3 is 1. The third kappa shape index (κ3) is 3.47. The molecule has 0 spiro atoms. The smallest absolute Gasteiger partial charge is 0.259 e. The van der Waals surface area contributed by atoms with E-state index in [1.54, 1.807) is 7.11 Å². The predicted molar refractivity (Wildman–Crippen MR) is 111 cm³/mol. The lowest BCUT2D eigenvalue weighted by atomic mass is 9.96. The third-order valence-electron chi connectivity index (χ3n) is 4.74. The van der Waals surface area contributed by atoms with Crippen molar-refractivity contribution >= 4 is 38.3 Å². The van der Waals surface area contributed by atoms with E-state index in [0.29, 0.717) is 17.2 Å². The van der Waals surface area contributed by atoms with E-state index in [4.69, 9.17) is 4.74 Å². The first-order valence-corrected chi connectivity index (χ1v) is 9.51. The Morgan fingerprint density at radius 2 is 1.85 bits per heavy atom. The van der Waals surface area contributed by atoms with Gasteiger partial charge in [0.05, 0.1) is 17.1 Å². The molecule has 3 nitrogen and oxygen atoms in total. The van der Waals surface area contributed by atoms with Crippen molar-refractivity contribution in [3.05, 3.63) is 70.2 Å². The number of carbonyl (C=O) groups is 1. The van der Waals surface area contributed by atoms with E-state index >= 15 is 0 Å². The van der Waals surface area contributed by atoms with Crippen molar-refractivity contribution in [2.75, 3.05) is 12.4 Å². The van der Waals surface area contributed by atoms with Crippen LogP contribution in [0.25, 0.3) is 10.8 Å². The van der Waals surface area contributed by atoms with Crippen molar-refractivity contribution in [1.82, 2.24) is 0 Å². The van der Waals surface area contributed by atoms with Gasteiger partial charge in [0.2, 0.25) is 0 Å². The van der Waals surface area contributed by atoms with Crippen LogP contribution in [0.3, 0.4) is 0 Å². The molecule has 134 valence electrons. The largest absolute Gasteiger partial charge is 0.495 e. The number of para-hydroxylation sites is 1. The van der Waals surface area contributed by atoms with Crippen LogP contribution in [-0.4, -0.2) is 13.0 Å². The second-order valence-electron chi connectivity index (χ2n) is 6.34. The Hall–Kier alpha value is -2.33. The summed E-state index contributed by atoms with van der Waals surface area (Å²) in [7, 11) is 1.58. The second kappa shape index (κ2) is 7.92. The van der Waals surface area contributed by atoms with Crippen molar-refractivity contribution in [1.29, 1.82) is 0 Å². The summed E-state index contributed by atoms with van der Waals surface area (Å²) in [4.78, 5) is 13.0. The molecular formula is C22H22BrNO2. The van der Waals surface area contributed by atoms with Gasteiger partial charge in [0.15, 0.2) is 0 Å². The van der Waals surface area contributed by atoms with Gasteiger partial charge in [-0.1, -0.05) is 56.3 Å². The number of halogens is 1. The molecule has 0 saturated heterocycles. The zero-order valence-corrected chi connectivity index (χ0v) is 16.8. The maximum absolute atomic E-state index is 13.0. The van der Waals surface area contributed by atoms with Crippen LogP contribution in [0.1, 0.15) is 42.1 Å². The Balaban J connectivity index is 2.04. The number of fused-ring (bicyclic) bond motifs is 1. The summed E-state index contributed by atoms with van der Waals surface area (Å²) in [6, 6.07) is 17.7. The minimum absolute atomic E-state index is 0.177. The molecule has 3 aromatic rings. The van der Waals surface area contributed by atoms with E-state index in [2.05, 4.69) is 41.2 Å². The van der Waals surface area contributed by atoms with E-state index in [9.17, 15) is 4.79 Å². The fourth-order valence-electron chi connectivity index (χ4n) is 3.10. The topological polar surface area (TPSA) is 38.3 Å². The summed E-state index contributed by atoms with van der Waals surface area (Å²) in [5.74, 6) is 0.739. The maximum Gasteiger partial charge on any atom is 0.259 e. The Labute approximate surface area is 162 Å². The molecule has 0 aromatic heterocycles. The molecule has 1 atom stereocenters. The van der Waals surface area contributed by atoms with Crippen LogP contribution in [0.15, 0.2) is 59.1 Å². The molecule has 0 fully saturated rings. The first-order chi connectivity index (χ1) is 12.6. The predicted octanol–water partition coefficient (Wildman–Crippen LogP) is 6.38. The molecule has 0 heterocycles. The van der Waals surface area contributed by atoms with Gasteiger partial charge in [-0.15, -0.1) is 0 Å². The molecular weight excluding hydrogens is 390 g/mol. The number of nitrogens with one attached hydrogen (secondary N) is 1. The van der Waals surface area contributed by atoms with Crippen molar-refractivity contribution in [2.45, 2.75) is 26.2 Å². The van der Waals surface area contributed by atoms with E-state index in [-0.39, 0.29) is 5.91 Å². The molecule has 4 heteroatoms. The van der Waals surface area contributed by atoms with Gasteiger partial charge < -0.3 is 10.1 Å². The lowest BCUT2D eigenvalue weighted by molar-refractivity contribution is 0.102. The van der Waals surface area contributed by atoms with Gasteiger partial charge in [0.25, 0.3) is 5.91 Å². The van der Waals surface area contributed by atoms with E-state index < -0.39 is 0 Å². The zero-order chi connectivity index (χ0) is 18.7. The average Bonchev–Trinajstić information content (AvgIpc) is 2.67. The highest BCUT2D eigenvalue weighted by Gasteiger charge is 2.19. The number of rotatable bonds is 5. The third-order valence-corrected chi connectivity index (χ3v) is 5.53. The molecule has 0 aliphatic heterocycles. The highest BCUT2D eigenvalue weighted by molar-refractivity contribution is 9.10. The summed E-state index contributed by atoms with van der Waals surface area (Å²) < 4.78 is 6.32. The molecule has 26 heavy (non-hydrogen) atoms. The molecule has 0 bridgehead atoms. The minimum Gasteiger partial charge on any atom is -0.495 e. The van der Waals surface area contributed by atoms with Gasteiger partial charge in [-0.2, -0.15) is 0 Å². The monoisotopic (exact) mass is 411 g/mol. The highest BCUT2D eigenvalue weighted by Crippen LogP contribution is 2.37. The quantitative estimate of drug-likeness (QED) is 0.528. The van der Waals surface area contributed by atoms with Crippen LogP contribution in [0.5, 0.6) is 5.75 Å².